The van der Waals surface area contributed by atoms with E-state index in [-0.39, 0.29) is 17.7 Å². The standard InChI is InChI=1S/C15H22N2O3/c1-10(2)8-14(18)16-12-9-11(15(19)17(3)4)6-7-13(12)20-5/h6-7,9-10H,8H2,1-5H3,(H,16,18). The van der Waals surface area contributed by atoms with E-state index >= 15 is 0 Å². The smallest absolute Gasteiger partial charge is 0.253 e. The summed E-state index contributed by atoms with van der Waals surface area (Å²) in [6.45, 7) is 3.95. The zero-order chi connectivity index (χ0) is 15.3. The highest BCUT2D eigenvalue weighted by Crippen LogP contribution is 2.26. The molecule has 1 aromatic rings. The highest BCUT2D eigenvalue weighted by Gasteiger charge is 2.14. The van der Waals surface area contributed by atoms with Crippen molar-refractivity contribution in [3.05, 3.63) is 23.8 Å². The molecular weight excluding hydrogens is 256 g/mol. The summed E-state index contributed by atoms with van der Waals surface area (Å²) in [4.78, 5) is 25.3. The molecule has 20 heavy (non-hydrogen) atoms. The van der Waals surface area contributed by atoms with E-state index in [2.05, 4.69) is 5.32 Å². The zero-order valence-corrected chi connectivity index (χ0v) is 12.7. The van der Waals surface area contributed by atoms with Crippen LogP contribution in [0.5, 0.6) is 5.75 Å². The molecule has 0 atom stereocenters. The van der Waals surface area contributed by atoms with Gasteiger partial charge in [0.05, 0.1) is 12.8 Å². The molecule has 0 heterocycles. The maximum absolute atomic E-state index is 11.9. The second kappa shape index (κ2) is 6.93. The summed E-state index contributed by atoms with van der Waals surface area (Å²) in [6.07, 6.45) is 0.426. The average molecular weight is 278 g/mol. The molecule has 110 valence electrons. The molecule has 5 heteroatoms. The van der Waals surface area contributed by atoms with Crippen LogP contribution < -0.4 is 10.1 Å². The van der Waals surface area contributed by atoms with Crippen LogP contribution in [0.4, 0.5) is 5.69 Å². The number of carbonyl (C=O) groups is 2. The summed E-state index contributed by atoms with van der Waals surface area (Å²) in [5.41, 5.74) is 1.03. The first kappa shape index (κ1) is 16.0. The van der Waals surface area contributed by atoms with Crippen molar-refractivity contribution >= 4 is 17.5 Å². The third-order valence-electron chi connectivity index (χ3n) is 2.72. The van der Waals surface area contributed by atoms with Crippen LogP contribution in [-0.4, -0.2) is 37.9 Å². The van der Waals surface area contributed by atoms with Crippen molar-refractivity contribution in [3.8, 4) is 5.75 Å². The second-order valence-electron chi connectivity index (χ2n) is 5.26. The van der Waals surface area contributed by atoms with Crippen LogP contribution in [0, 0.1) is 5.92 Å². The summed E-state index contributed by atoms with van der Waals surface area (Å²) in [6, 6.07) is 5.00. The van der Waals surface area contributed by atoms with Crippen LogP contribution in [0.2, 0.25) is 0 Å². The van der Waals surface area contributed by atoms with Crippen molar-refractivity contribution in [2.24, 2.45) is 5.92 Å². The first-order valence-electron chi connectivity index (χ1n) is 6.54. The molecule has 0 aliphatic heterocycles. The van der Waals surface area contributed by atoms with Crippen LogP contribution in [0.3, 0.4) is 0 Å². The Morgan fingerprint density at radius 1 is 1.30 bits per heavy atom. The molecule has 1 N–H and O–H groups in total. The number of benzene rings is 1. The molecule has 1 rings (SSSR count). The summed E-state index contributed by atoms with van der Waals surface area (Å²) >= 11 is 0. The van der Waals surface area contributed by atoms with Gasteiger partial charge in [0.2, 0.25) is 5.91 Å². The Morgan fingerprint density at radius 2 is 1.95 bits per heavy atom. The maximum atomic E-state index is 11.9. The molecule has 1 aromatic carbocycles. The highest BCUT2D eigenvalue weighted by molar-refractivity contribution is 5.98. The van der Waals surface area contributed by atoms with E-state index in [1.807, 2.05) is 13.8 Å². The summed E-state index contributed by atoms with van der Waals surface area (Å²) in [5, 5.41) is 2.79. The van der Waals surface area contributed by atoms with Gasteiger partial charge in [-0.25, -0.2) is 0 Å². The van der Waals surface area contributed by atoms with Crippen molar-refractivity contribution in [3.63, 3.8) is 0 Å². The van der Waals surface area contributed by atoms with Crippen molar-refractivity contribution < 1.29 is 14.3 Å². The number of nitrogens with one attached hydrogen (secondary N) is 1. The first-order chi connectivity index (χ1) is 9.35. The number of methoxy groups -OCH3 is 1. The molecule has 0 aliphatic carbocycles. The largest absolute Gasteiger partial charge is 0.495 e. The number of nitrogens with zero attached hydrogens (tertiary/aromatic N) is 1. The van der Waals surface area contributed by atoms with Gasteiger partial charge in [-0.3, -0.25) is 9.59 Å². The molecule has 0 unspecified atom stereocenters. The third-order valence-corrected chi connectivity index (χ3v) is 2.72. The zero-order valence-electron chi connectivity index (χ0n) is 12.7. The molecule has 0 spiro atoms. The Kier molecular flexibility index (Phi) is 5.55. The van der Waals surface area contributed by atoms with Gasteiger partial charge in [0.25, 0.3) is 5.91 Å². The fourth-order valence-corrected chi connectivity index (χ4v) is 1.77. The van der Waals surface area contributed by atoms with Gasteiger partial charge in [-0.2, -0.15) is 0 Å². The van der Waals surface area contributed by atoms with Crippen LogP contribution in [-0.2, 0) is 4.79 Å². The van der Waals surface area contributed by atoms with Crippen molar-refractivity contribution in [2.75, 3.05) is 26.5 Å². The number of hydrogen-bond donors (Lipinski definition) is 1. The minimum Gasteiger partial charge on any atom is -0.495 e. The highest BCUT2D eigenvalue weighted by atomic mass is 16.5. The van der Waals surface area contributed by atoms with Gasteiger partial charge < -0.3 is 15.0 Å². The Labute approximate surface area is 119 Å². The van der Waals surface area contributed by atoms with Gasteiger partial charge in [-0.15, -0.1) is 0 Å². The average Bonchev–Trinajstić information content (AvgIpc) is 2.36. The third kappa shape index (κ3) is 4.26. The lowest BCUT2D eigenvalue weighted by Crippen LogP contribution is -2.22. The van der Waals surface area contributed by atoms with E-state index in [1.54, 1.807) is 32.3 Å². The maximum Gasteiger partial charge on any atom is 0.253 e. The quantitative estimate of drug-likeness (QED) is 0.899. The number of rotatable bonds is 5. The molecule has 0 fully saturated rings. The monoisotopic (exact) mass is 278 g/mol. The van der Waals surface area contributed by atoms with Crippen LogP contribution in [0.1, 0.15) is 30.6 Å². The second-order valence-corrected chi connectivity index (χ2v) is 5.26. The van der Waals surface area contributed by atoms with E-state index in [4.69, 9.17) is 4.74 Å². The molecule has 2 amide bonds. The molecule has 0 bridgehead atoms. The fourth-order valence-electron chi connectivity index (χ4n) is 1.77. The van der Waals surface area contributed by atoms with Crippen LogP contribution in [0.15, 0.2) is 18.2 Å². The minimum absolute atomic E-state index is 0.0900. The Morgan fingerprint density at radius 3 is 2.45 bits per heavy atom. The number of hydrogen-bond acceptors (Lipinski definition) is 3. The molecular formula is C15H22N2O3. The number of amides is 2. The number of ether oxygens (including phenoxy) is 1. The summed E-state index contributed by atoms with van der Waals surface area (Å²) in [7, 11) is 4.90. The Hall–Kier alpha value is -2.04. The SMILES string of the molecule is COc1ccc(C(=O)N(C)C)cc1NC(=O)CC(C)C. The van der Waals surface area contributed by atoms with Gasteiger partial charge in [-0.05, 0) is 24.1 Å². The van der Waals surface area contributed by atoms with Crippen molar-refractivity contribution in [2.45, 2.75) is 20.3 Å². The van der Waals surface area contributed by atoms with E-state index in [1.165, 1.54) is 12.0 Å². The number of carbonyl (C=O) groups excluding carboxylic acids is 2. The molecule has 5 nitrogen and oxygen atoms in total. The molecule has 0 saturated heterocycles. The Bertz CT molecular complexity index is 496. The van der Waals surface area contributed by atoms with E-state index in [0.717, 1.165) is 0 Å². The van der Waals surface area contributed by atoms with Crippen LogP contribution in [0.25, 0.3) is 0 Å². The van der Waals surface area contributed by atoms with E-state index in [0.29, 0.717) is 23.4 Å². The lowest BCUT2D eigenvalue weighted by molar-refractivity contribution is -0.116. The van der Waals surface area contributed by atoms with Gasteiger partial charge >= 0.3 is 0 Å². The summed E-state index contributed by atoms with van der Waals surface area (Å²) < 4.78 is 5.21. The Balaban J connectivity index is 3.00. The summed E-state index contributed by atoms with van der Waals surface area (Å²) in [5.74, 6) is 0.602. The van der Waals surface area contributed by atoms with Gasteiger partial charge in [0.1, 0.15) is 5.75 Å². The lowest BCUT2D eigenvalue weighted by atomic mass is 10.1. The topological polar surface area (TPSA) is 58.6 Å². The number of anilines is 1. The van der Waals surface area contributed by atoms with Crippen LogP contribution >= 0.6 is 0 Å². The van der Waals surface area contributed by atoms with Gasteiger partial charge in [-0.1, -0.05) is 13.8 Å². The molecule has 0 aliphatic rings. The minimum atomic E-state index is -0.119. The normalized spacial score (nSPS) is 10.3. The van der Waals surface area contributed by atoms with E-state index < -0.39 is 0 Å². The van der Waals surface area contributed by atoms with Crippen molar-refractivity contribution in [1.29, 1.82) is 0 Å². The van der Waals surface area contributed by atoms with Gasteiger partial charge in [0.15, 0.2) is 0 Å². The van der Waals surface area contributed by atoms with E-state index in [9.17, 15) is 9.59 Å². The predicted molar refractivity (Wildman–Crippen MR) is 79.1 cm³/mol. The van der Waals surface area contributed by atoms with Crippen molar-refractivity contribution in [1.82, 2.24) is 4.90 Å². The van der Waals surface area contributed by atoms with Gasteiger partial charge in [0, 0.05) is 26.1 Å². The predicted octanol–water partition coefficient (Wildman–Crippen LogP) is 2.38. The molecule has 0 aromatic heterocycles. The first-order valence-corrected chi connectivity index (χ1v) is 6.54. The molecule has 0 radical (unpaired) electrons. The lowest BCUT2D eigenvalue weighted by Gasteiger charge is -2.15. The fraction of sp³-hybridized carbons (Fsp3) is 0.467. The molecule has 0 saturated carbocycles.